The van der Waals surface area contributed by atoms with Gasteiger partial charge in [-0.1, -0.05) is 0 Å². The van der Waals surface area contributed by atoms with Crippen LogP contribution in [0.3, 0.4) is 0 Å². The van der Waals surface area contributed by atoms with E-state index >= 15 is 0 Å². The molecule has 0 aromatic carbocycles. The van der Waals surface area contributed by atoms with Gasteiger partial charge in [-0.25, -0.2) is 9.78 Å². The van der Waals surface area contributed by atoms with E-state index in [1.165, 1.54) is 11.8 Å². The SMILES string of the molecule is CC(=O)Nc1nc2c(c(N3CCCC3)n1)CN(C(=O)O)C2. The Labute approximate surface area is 121 Å². The summed E-state index contributed by atoms with van der Waals surface area (Å²) in [6, 6.07) is 0. The maximum absolute atomic E-state index is 11.2. The van der Waals surface area contributed by atoms with Gasteiger partial charge in [0.2, 0.25) is 11.9 Å². The van der Waals surface area contributed by atoms with E-state index in [1.807, 2.05) is 0 Å². The highest BCUT2D eigenvalue weighted by Crippen LogP contribution is 2.32. The Bertz CT molecular complexity index is 598. The molecule has 1 fully saturated rings. The Morgan fingerprint density at radius 2 is 1.90 bits per heavy atom. The standard InChI is InChI=1S/C13H17N5O3/c1-8(19)14-12-15-10-7-18(13(20)21)6-9(10)11(16-12)17-4-2-3-5-17/h2-7H2,1H3,(H,20,21)(H,14,15,16,19). The van der Waals surface area contributed by atoms with Crippen molar-refractivity contribution in [1.29, 1.82) is 0 Å². The molecule has 1 aromatic heterocycles. The summed E-state index contributed by atoms with van der Waals surface area (Å²) in [5.41, 5.74) is 1.53. The molecule has 3 rings (SSSR count). The zero-order valence-electron chi connectivity index (χ0n) is 11.8. The van der Waals surface area contributed by atoms with Crippen molar-refractivity contribution in [1.82, 2.24) is 14.9 Å². The largest absolute Gasteiger partial charge is 0.465 e. The number of nitrogens with one attached hydrogen (secondary N) is 1. The number of carboxylic acid groups (broad SMARTS) is 1. The highest BCUT2D eigenvalue weighted by atomic mass is 16.4. The third-order valence-electron chi connectivity index (χ3n) is 3.72. The maximum Gasteiger partial charge on any atom is 0.407 e. The number of carbonyl (C=O) groups excluding carboxylic acids is 1. The Morgan fingerprint density at radius 1 is 1.19 bits per heavy atom. The zero-order valence-corrected chi connectivity index (χ0v) is 11.8. The maximum atomic E-state index is 11.2. The van der Waals surface area contributed by atoms with E-state index in [4.69, 9.17) is 5.11 Å². The molecule has 1 aromatic rings. The highest BCUT2D eigenvalue weighted by Gasteiger charge is 2.31. The van der Waals surface area contributed by atoms with Crippen molar-refractivity contribution in [3.8, 4) is 0 Å². The van der Waals surface area contributed by atoms with Crippen molar-refractivity contribution in [2.75, 3.05) is 23.3 Å². The zero-order chi connectivity index (χ0) is 15.0. The fourth-order valence-corrected chi connectivity index (χ4v) is 2.78. The molecule has 0 atom stereocenters. The van der Waals surface area contributed by atoms with Crippen LogP contribution in [0.15, 0.2) is 0 Å². The predicted octanol–water partition coefficient (Wildman–Crippen LogP) is 1.03. The van der Waals surface area contributed by atoms with Crippen molar-refractivity contribution < 1.29 is 14.7 Å². The monoisotopic (exact) mass is 291 g/mol. The third kappa shape index (κ3) is 2.61. The fraction of sp³-hybridized carbons (Fsp3) is 0.538. The van der Waals surface area contributed by atoms with Crippen LogP contribution < -0.4 is 10.2 Å². The number of amides is 2. The minimum Gasteiger partial charge on any atom is -0.465 e. The fourth-order valence-electron chi connectivity index (χ4n) is 2.78. The quantitative estimate of drug-likeness (QED) is 0.844. The average Bonchev–Trinajstić information content (AvgIpc) is 3.06. The molecular formula is C13H17N5O3. The first-order valence-corrected chi connectivity index (χ1v) is 6.95. The minimum absolute atomic E-state index is 0.237. The summed E-state index contributed by atoms with van der Waals surface area (Å²) in [5.74, 6) is 0.760. The summed E-state index contributed by atoms with van der Waals surface area (Å²) in [6.07, 6.45) is 1.22. The molecule has 0 spiro atoms. The van der Waals surface area contributed by atoms with Gasteiger partial charge in [0.25, 0.3) is 0 Å². The molecule has 0 aliphatic carbocycles. The Kier molecular flexibility index (Phi) is 3.36. The molecule has 21 heavy (non-hydrogen) atoms. The molecule has 0 unspecified atom stereocenters. The van der Waals surface area contributed by atoms with Crippen LogP contribution in [0.5, 0.6) is 0 Å². The van der Waals surface area contributed by atoms with Gasteiger partial charge in [-0.2, -0.15) is 4.98 Å². The number of rotatable bonds is 2. The summed E-state index contributed by atoms with van der Waals surface area (Å²) < 4.78 is 0. The summed E-state index contributed by atoms with van der Waals surface area (Å²) in [7, 11) is 0. The second-order valence-corrected chi connectivity index (χ2v) is 5.31. The molecule has 3 heterocycles. The summed E-state index contributed by atoms with van der Waals surface area (Å²) in [4.78, 5) is 34.5. The molecule has 0 saturated carbocycles. The predicted molar refractivity (Wildman–Crippen MR) is 75.1 cm³/mol. The Morgan fingerprint density at radius 3 is 2.52 bits per heavy atom. The van der Waals surface area contributed by atoms with Crippen LogP contribution in [0.25, 0.3) is 0 Å². The van der Waals surface area contributed by atoms with Crippen LogP contribution >= 0.6 is 0 Å². The number of nitrogens with zero attached hydrogens (tertiary/aromatic N) is 4. The van der Waals surface area contributed by atoms with Gasteiger partial charge in [0, 0.05) is 25.6 Å². The first-order chi connectivity index (χ1) is 10.0. The molecule has 112 valence electrons. The first-order valence-electron chi connectivity index (χ1n) is 6.95. The molecular weight excluding hydrogens is 274 g/mol. The van der Waals surface area contributed by atoms with Crippen molar-refractivity contribution in [3.63, 3.8) is 0 Å². The molecule has 8 heteroatoms. The summed E-state index contributed by atoms with van der Waals surface area (Å²) >= 11 is 0. The van der Waals surface area contributed by atoms with E-state index in [0.717, 1.165) is 37.3 Å². The second-order valence-electron chi connectivity index (χ2n) is 5.31. The summed E-state index contributed by atoms with van der Waals surface area (Å²) in [6.45, 7) is 3.74. The van der Waals surface area contributed by atoms with Crippen LogP contribution in [0, 0.1) is 0 Å². The van der Waals surface area contributed by atoms with Crippen molar-refractivity contribution in [3.05, 3.63) is 11.3 Å². The van der Waals surface area contributed by atoms with E-state index in [1.54, 1.807) is 0 Å². The molecule has 2 aliphatic rings. The number of hydrogen-bond donors (Lipinski definition) is 2. The van der Waals surface area contributed by atoms with Crippen molar-refractivity contribution in [2.24, 2.45) is 0 Å². The highest BCUT2D eigenvalue weighted by molar-refractivity contribution is 5.87. The average molecular weight is 291 g/mol. The smallest absolute Gasteiger partial charge is 0.407 e. The lowest BCUT2D eigenvalue weighted by molar-refractivity contribution is -0.114. The number of fused-ring (bicyclic) bond motifs is 1. The topological polar surface area (TPSA) is 98.7 Å². The van der Waals surface area contributed by atoms with Crippen LogP contribution in [-0.2, 0) is 17.9 Å². The van der Waals surface area contributed by atoms with E-state index in [2.05, 4.69) is 20.2 Å². The van der Waals surface area contributed by atoms with Gasteiger partial charge < -0.3 is 10.0 Å². The number of hydrogen-bond acceptors (Lipinski definition) is 5. The molecule has 0 bridgehead atoms. The van der Waals surface area contributed by atoms with Gasteiger partial charge in [-0.15, -0.1) is 0 Å². The molecule has 2 amide bonds. The number of aromatic nitrogens is 2. The van der Waals surface area contributed by atoms with Gasteiger partial charge in [0.1, 0.15) is 5.82 Å². The molecule has 0 radical (unpaired) electrons. The van der Waals surface area contributed by atoms with Crippen LogP contribution in [0.4, 0.5) is 16.6 Å². The lowest BCUT2D eigenvalue weighted by Crippen LogP contribution is -2.24. The minimum atomic E-state index is -0.971. The van der Waals surface area contributed by atoms with Gasteiger partial charge in [0.05, 0.1) is 18.8 Å². The van der Waals surface area contributed by atoms with Gasteiger partial charge in [-0.05, 0) is 12.8 Å². The normalized spacial score (nSPS) is 17.0. The van der Waals surface area contributed by atoms with E-state index in [-0.39, 0.29) is 18.4 Å². The second kappa shape index (κ2) is 5.19. The lowest BCUT2D eigenvalue weighted by atomic mass is 10.2. The lowest BCUT2D eigenvalue weighted by Gasteiger charge is -2.20. The molecule has 2 aliphatic heterocycles. The molecule has 1 saturated heterocycles. The van der Waals surface area contributed by atoms with Crippen LogP contribution in [0.1, 0.15) is 31.0 Å². The Hall–Kier alpha value is -2.38. The van der Waals surface area contributed by atoms with Gasteiger partial charge >= 0.3 is 6.09 Å². The first kappa shape index (κ1) is 13.6. The van der Waals surface area contributed by atoms with E-state index < -0.39 is 6.09 Å². The van der Waals surface area contributed by atoms with Gasteiger partial charge in [0.15, 0.2) is 0 Å². The third-order valence-corrected chi connectivity index (χ3v) is 3.72. The Balaban J connectivity index is 1.99. The van der Waals surface area contributed by atoms with Crippen LogP contribution in [0.2, 0.25) is 0 Å². The van der Waals surface area contributed by atoms with Crippen LogP contribution in [-0.4, -0.2) is 45.1 Å². The van der Waals surface area contributed by atoms with E-state index in [0.29, 0.717) is 12.2 Å². The molecule has 8 nitrogen and oxygen atoms in total. The summed E-state index contributed by atoms with van der Waals surface area (Å²) in [5, 5.41) is 11.7. The molecule has 2 N–H and O–H groups in total. The van der Waals surface area contributed by atoms with Gasteiger partial charge in [-0.3, -0.25) is 15.0 Å². The number of anilines is 2. The van der Waals surface area contributed by atoms with Crippen molar-refractivity contribution >= 4 is 23.8 Å². The number of carbonyl (C=O) groups is 2. The van der Waals surface area contributed by atoms with E-state index in [9.17, 15) is 9.59 Å². The van der Waals surface area contributed by atoms with Crippen molar-refractivity contribution in [2.45, 2.75) is 32.9 Å².